The first-order chi connectivity index (χ1) is 10.7. The van der Waals surface area contributed by atoms with E-state index >= 15 is 0 Å². The van der Waals surface area contributed by atoms with Crippen molar-refractivity contribution in [3.8, 4) is 5.75 Å². The van der Waals surface area contributed by atoms with E-state index in [1.807, 2.05) is 24.3 Å². The Hall–Kier alpha value is -2.83. The fourth-order valence-electron chi connectivity index (χ4n) is 1.88. The van der Waals surface area contributed by atoms with Crippen molar-refractivity contribution in [2.75, 3.05) is 31.4 Å². The average molecular weight is 302 g/mol. The van der Waals surface area contributed by atoms with E-state index in [1.165, 1.54) is 7.11 Å². The number of rotatable bonds is 6. The van der Waals surface area contributed by atoms with E-state index in [4.69, 9.17) is 4.74 Å². The summed E-state index contributed by atoms with van der Waals surface area (Å²) in [7, 11) is 2.95. The van der Waals surface area contributed by atoms with Crippen LogP contribution in [0.4, 0.5) is 16.4 Å². The van der Waals surface area contributed by atoms with Gasteiger partial charge in [-0.25, -0.2) is 4.79 Å². The van der Waals surface area contributed by atoms with Crippen LogP contribution in [0, 0.1) is 0 Å². The molecule has 116 valence electrons. The van der Waals surface area contributed by atoms with Gasteiger partial charge in [-0.15, -0.1) is 10.2 Å². The lowest BCUT2D eigenvalue weighted by atomic mass is 10.1. The maximum Gasteiger partial charge on any atom is 0.412 e. The molecule has 1 heterocycles. The number of para-hydroxylation sites is 1. The first-order valence-electron chi connectivity index (χ1n) is 6.77. The maximum absolute atomic E-state index is 11.0. The standard InChI is InChI=1S/C15H18N4O3/c1-21-12-6-4-3-5-11(12)9-10-16-13-7-8-14(19-18-13)17-15(20)22-2/h3-8H,9-10H2,1-2H3,(H,16,18)(H,17,19,20). The molecule has 22 heavy (non-hydrogen) atoms. The van der Waals surface area contributed by atoms with E-state index in [1.54, 1.807) is 19.2 Å². The highest BCUT2D eigenvalue weighted by molar-refractivity contribution is 5.83. The lowest BCUT2D eigenvalue weighted by Gasteiger charge is -2.09. The van der Waals surface area contributed by atoms with Crippen LogP contribution in [0.2, 0.25) is 0 Å². The number of benzene rings is 1. The van der Waals surface area contributed by atoms with Gasteiger partial charge in [0.2, 0.25) is 0 Å². The second kappa shape index (κ2) is 7.82. The van der Waals surface area contributed by atoms with Gasteiger partial charge in [0, 0.05) is 6.54 Å². The zero-order chi connectivity index (χ0) is 15.8. The number of carbonyl (C=O) groups excluding carboxylic acids is 1. The number of nitrogens with zero attached hydrogens (tertiary/aromatic N) is 2. The predicted octanol–water partition coefficient (Wildman–Crippen LogP) is 2.32. The number of aromatic nitrogens is 2. The molecular weight excluding hydrogens is 284 g/mol. The minimum atomic E-state index is -0.578. The third kappa shape index (κ3) is 4.34. The lowest BCUT2D eigenvalue weighted by Crippen LogP contribution is -2.13. The van der Waals surface area contributed by atoms with Crippen LogP contribution in [0.3, 0.4) is 0 Å². The van der Waals surface area contributed by atoms with E-state index in [0.29, 0.717) is 18.2 Å². The highest BCUT2D eigenvalue weighted by atomic mass is 16.5. The second-order valence-electron chi connectivity index (χ2n) is 4.41. The molecular formula is C15H18N4O3. The van der Waals surface area contributed by atoms with Crippen molar-refractivity contribution >= 4 is 17.7 Å². The lowest BCUT2D eigenvalue weighted by molar-refractivity contribution is 0.187. The molecule has 0 unspecified atom stereocenters. The Morgan fingerprint density at radius 3 is 2.50 bits per heavy atom. The van der Waals surface area contributed by atoms with Crippen LogP contribution >= 0.6 is 0 Å². The van der Waals surface area contributed by atoms with Gasteiger partial charge in [0.05, 0.1) is 14.2 Å². The maximum atomic E-state index is 11.0. The molecule has 0 fully saturated rings. The fraction of sp³-hybridized carbons (Fsp3) is 0.267. The highest BCUT2D eigenvalue weighted by Crippen LogP contribution is 2.17. The Morgan fingerprint density at radius 2 is 1.82 bits per heavy atom. The Balaban J connectivity index is 1.85. The molecule has 0 spiro atoms. The van der Waals surface area contributed by atoms with Gasteiger partial charge in [0.1, 0.15) is 11.6 Å². The average Bonchev–Trinajstić information content (AvgIpc) is 2.56. The van der Waals surface area contributed by atoms with E-state index in [9.17, 15) is 4.79 Å². The van der Waals surface area contributed by atoms with Crippen LogP contribution in [-0.2, 0) is 11.2 Å². The Morgan fingerprint density at radius 1 is 1.09 bits per heavy atom. The number of anilines is 2. The number of methoxy groups -OCH3 is 2. The van der Waals surface area contributed by atoms with Gasteiger partial charge in [0.25, 0.3) is 0 Å². The third-order valence-corrected chi connectivity index (χ3v) is 2.97. The predicted molar refractivity (Wildman–Crippen MR) is 83.2 cm³/mol. The molecule has 1 amide bonds. The summed E-state index contributed by atoms with van der Waals surface area (Å²) >= 11 is 0. The Kier molecular flexibility index (Phi) is 5.53. The Labute approximate surface area is 128 Å². The number of nitrogens with one attached hydrogen (secondary N) is 2. The van der Waals surface area contributed by atoms with Gasteiger partial charge >= 0.3 is 6.09 Å². The van der Waals surface area contributed by atoms with Crippen molar-refractivity contribution in [3.63, 3.8) is 0 Å². The van der Waals surface area contributed by atoms with Crippen molar-refractivity contribution in [2.24, 2.45) is 0 Å². The second-order valence-corrected chi connectivity index (χ2v) is 4.41. The monoisotopic (exact) mass is 302 g/mol. The summed E-state index contributed by atoms with van der Waals surface area (Å²) in [4.78, 5) is 11.0. The quantitative estimate of drug-likeness (QED) is 0.851. The normalized spacial score (nSPS) is 9.91. The molecule has 0 saturated carbocycles. The van der Waals surface area contributed by atoms with E-state index in [-0.39, 0.29) is 0 Å². The molecule has 2 rings (SSSR count). The molecule has 0 aliphatic heterocycles. The molecule has 0 atom stereocenters. The molecule has 0 bridgehead atoms. The van der Waals surface area contributed by atoms with Crippen LogP contribution in [0.5, 0.6) is 5.75 Å². The van der Waals surface area contributed by atoms with E-state index in [2.05, 4.69) is 25.6 Å². The van der Waals surface area contributed by atoms with E-state index < -0.39 is 6.09 Å². The summed E-state index contributed by atoms with van der Waals surface area (Å²) in [5.74, 6) is 1.83. The molecule has 0 aliphatic carbocycles. The molecule has 0 radical (unpaired) electrons. The van der Waals surface area contributed by atoms with Crippen molar-refractivity contribution < 1.29 is 14.3 Å². The smallest absolute Gasteiger partial charge is 0.412 e. The molecule has 0 aliphatic rings. The summed E-state index contributed by atoms with van der Waals surface area (Å²) in [6, 6.07) is 11.3. The minimum Gasteiger partial charge on any atom is -0.496 e. The van der Waals surface area contributed by atoms with Crippen LogP contribution in [0.25, 0.3) is 0 Å². The number of hydrogen-bond donors (Lipinski definition) is 2. The molecule has 7 heteroatoms. The van der Waals surface area contributed by atoms with Gasteiger partial charge in [0.15, 0.2) is 5.82 Å². The number of hydrogen-bond acceptors (Lipinski definition) is 6. The summed E-state index contributed by atoms with van der Waals surface area (Å²) < 4.78 is 9.78. The minimum absolute atomic E-state index is 0.335. The summed E-state index contributed by atoms with van der Waals surface area (Å²) in [6.45, 7) is 0.693. The molecule has 1 aromatic heterocycles. The van der Waals surface area contributed by atoms with Gasteiger partial charge in [-0.2, -0.15) is 0 Å². The molecule has 2 aromatic rings. The largest absolute Gasteiger partial charge is 0.496 e. The first kappa shape index (κ1) is 15.6. The van der Waals surface area contributed by atoms with Crippen molar-refractivity contribution in [2.45, 2.75) is 6.42 Å². The molecule has 1 aromatic carbocycles. The number of ether oxygens (including phenoxy) is 2. The fourth-order valence-corrected chi connectivity index (χ4v) is 1.88. The van der Waals surface area contributed by atoms with Crippen LogP contribution in [0.15, 0.2) is 36.4 Å². The summed E-state index contributed by atoms with van der Waals surface area (Å²) in [5, 5.41) is 13.5. The molecule has 0 saturated heterocycles. The highest BCUT2D eigenvalue weighted by Gasteiger charge is 2.04. The van der Waals surface area contributed by atoms with E-state index in [0.717, 1.165) is 17.7 Å². The van der Waals surface area contributed by atoms with Crippen molar-refractivity contribution in [1.82, 2.24) is 10.2 Å². The topological polar surface area (TPSA) is 85.4 Å². The van der Waals surface area contributed by atoms with Gasteiger partial charge in [-0.05, 0) is 30.2 Å². The SMILES string of the molecule is COC(=O)Nc1ccc(NCCc2ccccc2OC)nn1. The molecule has 7 nitrogen and oxygen atoms in total. The van der Waals surface area contributed by atoms with Crippen molar-refractivity contribution in [3.05, 3.63) is 42.0 Å². The number of carbonyl (C=O) groups is 1. The van der Waals surface area contributed by atoms with Crippen LogP contribution in [-0.4, -0.2) is 37.1 Å². The summed E-state index contributed by atoms with van der Waals surface area (Å²) in [5.41, 5.74) is 1.12. The first-order valence-corrected chi connectivity index (χ1v) is 6.77. The van der Waals surface area contributed by atoms with Crippen LogP contribution < -0.4 is 15.4 Å². The zero-order valence-electron chi connectivity index (χ0n) is 12.5. The molecule has 2 N–H and O–H groups in total. The summed E-state index contributed by atoms with van der Waals surface area (Å²) in [6.07, 6.45) is 0.222. The van der Waals surface area contributed by atoms with Gasteiger partial charge in [-0.1, -0.05) is 18.2 Å². The van der Waals surface area contributed by atoms with Crippen molar-refractivity contribution in [1.29, 1.82) is 0 Å². The van der Waals surface area contributed by atoms with Gasteiger partial charge < -0.3 is 14.8 Å². The third-order valence-electron chi connectivity index (χ3n) is 2.97. The zero-order valence-corrected chi connectivity index (χ0v) is 12.5. The number of amides is 1. The Bertz CT molecular complexity index is 616. The van der Waals surface area contributed by atoms with Crippen LogP contribution in [0.1, 0.15) is 5.56 Å². The van der Waals surface area contributed by atoms with Gasteiger partial charge in [-0.3, -0.25) is 5.32 Å².